The molecule has 0 saturated heterocycles. The lowest BCUT2D eigenvalue weighted by Crippen LogP contribution is -2.42. The number of benzene rings is 1. The first-order chi connectivity index (χ1) is 7.72. The standard InChI is InChI=1S/C11H13ClN2O2/c1-13-4-5-14-9-6-8(12)2-3-10(9)16-7-11(14)15/h2-3,6,13H,4-5,7H2,1H3. The van der Waals surface area contributed by atoms with Crippen molar-refractivity contribution in [3.63, 3.8) is 0 Å². The number of hydrogen-bond donors (Lipinski definition) is 1. The Bertz CT molecular complexity index is 409. The van der Waals surface area contributed by atoms with Gasteiger partial charge in [-0.3, -0.25) is 4.79 Å². The molecule has 1 aliphatic rings. The van der Waals surface area contributed by atoms with Gasteiger partial charge in [0.25, 0.3) is 5.91 Å². The van der Waals surface area contributed by atoms with Gasteiger partial charge in [-0.2, -0.15) is 0 Å². The highest BCUT2D eigenvalue weighted by atomic mass is 35.5. The van der Waals surface area contributed by atoms with Gasteiger partial charge in [-0.25, -0.2) is 0 Å². The van der Waals surface area contributed by atoms with Crippen LogP contribution >= 0.6 is 11.6 Å². The van der Waals surface area contributed by atoms with E-state index in [0.29, 0.717) is 17.3 Å². The van der Waals surface area contributed by atoms with E-state index in [0.717, 1.165) is 12.2 Å². The summed E-state index contributed by atoms with van der Waals surface area (Å²) in [5.41, 5.74) is 0.749. The Hall–Kier alpha value is -1.26. The van der Waals surface area contributed by atoms with E-state index < -0.39 is 0 Å². The quantitative estimate of drug-likeness (QED) is 0.866. The number of anilines is 1. The van der Waals surface area contributed by atoms with Gasteiger partial charge in [0, 0.05) is 18.1 Å². The summed E-state index contributed by atoms with van der Waals surface area (Å²) in [5, 5.41) is 3.62. The van der Waals surface area contributed by atoms with Gasteiger partial charge < -0.3 is 15.0 Å². The van der Waals surface area contributed by atoms with Crippen LogP contribution in [0.1, 0.15) is 0 Å². The Labute approximate surface area is 99.1 Å². The van der Waals surface area contributed by atoms with Gasteiger partial charge in [-0.05, 0) is 25.2 Å². The minimum Gasteiger partial charge on any atom is -0.482 e. The summed E-state index contributed by atoms with van der Waals surface area (Å²) in [6, 6.07) is 5.30. The van der Waals surface area contributed by atoms with Crippen molar-refractivity contribution in [2.45, 2.75) is 0 Å². The van der Waals surface area contributed by atoms with Crippen LogP contribution in [0.15, 0.2) is 18.2 Å². The molecule has 0 atom stereocenters. The topological polar surface area (TPSA) is 41.6 Å². The molecule has 1 aliphatic heterocycles. The molecular weight excluding hydrogens is 228 g/mol. The summed E-state index contributed by atoms with van der Waals surface area (Å²) in [6.07, 6.45) is 0. The number of halogens is 1. The fraction of sp³-hybridized carbons (Fsp3) is 0.364. The molecule has 0 aromatic heterocycles. The van der Waals surface area contributed by atoms with Crippen molar-refractivity contribution in [1.29, 1.82) is 0 Å². The maximum Gasteiger partial charge on any atom is 0.265 e. The Morgan fingerprint density at radius 2 is 2.38 bits per heavy atom. The third kappa shape index (κ3) is 2.13. The largest absolute Gasteiger partial charge is 0.482 e. The highest BCUT2D eigenvalue weighted by molar-refractivity contribution is 6.31. The van der Waals surface area contributed by atoms with Gasteiger partial charge in [0.2, 0.25) is 0 Å². The zero-order chi connectivity index (χ0) is 11.5. The molecule has 0 fully saturated rings. The minimum absolute atomic E-state index is 0.0370. The van der Waals surface area contributed by atoms with Crippen LogP contribution in [0.5, 0.6) is 5.75 Å². The number of nitrogens with one attached hydrogen (secondary N) is 1. The molecule has 1 heterocycles. The molecule has 86 valence electrons. The fourth-order valence-corrected chi connectivity index (χ4v) is 1.81. The first-order valence-corrected chi connectivity index (χ1v) is 5.47. The number of likely N-dealkylation sites (N-methyl/N-ethyl adjacent to an activating group) is 1. The van der Waals surface area contributed by atoms with Gasteiger partial charge in [-0.1, -0.05) is 11.6 Å². The van der Waals surface area contributed by atoms with E-state index in [2.05, 4.69) is 5.32 Å². The van der Waals surface area contributed by atoms with Crippen LogP contribution in [0.4, 0.5) is 5.69 Å². The number of hydrogen-bond acceptors (Lipinski definition) is 3. The second-order valence-electron chi connectivity index (χ2n) is 3.55. The number of carbonyl (C=O) groups is 1. The van der Waals surface area contributed by atoms with Crippen LogP contribution in [0, 0.1) is 0 Å². The molecule has 1 N–H and O–H groups in total. The Morgan fingerprint density at radius 1 is 1.56 bits per heavy atom. The van der Waals surface area contributed by atoms with Gasteiger partial charge in [0.1, 0.15) is 5.75 Å². The molecule has 0 spiro atoms. The number of fused-ring (bicyclic) bond motifs is 1. The monoisotopic (exact) mass is 240 g/mol. The average molecular weight is 241 g/mol. The molecular formula is C11H13ClN2O2. The molecule has 16 heavy (non-hydrogen) atoms. The van der Waals surface area contributed by atoms with Crippen LogP contribution in [0.3, 0.4) is 0 Å². The summed E-state index contributed by atoms with van der Waals surface area (Å²) >= 11 is 5.91. The van der Waals surface area contributed by atoms with Crippen molar-refractivity contribution in [3.8, 4) is 5.75 Å². The highest BCUT2D eigenvalue weighted by Crippen LogP contribution is 2.33. The summed E-state index contributed by atoms with van der Waals surface area (Å²) in [5.74, 6) is 0.671. The van der Waals surface area contributed by atoms with Crippen LogP contribution in [0.2, 0.25) is 5.02 Å². The number of rotatable bonds is 3. The van der Waals surface area contributed by atoms with Gasteiger partial charge >= 0.3 is 0 Å². The maximum atomic E-state index is 11.7. The number of carbonyl (C=O) groups excluding carboxylic acids is 1. The maximum absolute atomic E-state index is 11.7. The Balaban J connectivity index is 2.31. The van der Waals surface area contributed by atoms with Crippen LogP contribution < -0.4 is 15.0 Å². The summed E-state index contributed by atoms with van der Waals surface area (Å²) in [6.45, 7) is 1.45. The molecule has 0 saturated carbocycles. The van der Waals surface area contributed by atoms with E-state index in [9.17, 15) is 4.79 Å². The summed E-state index contributed by atoms with van der Waals surface area (Å²) < 4.78 is 5.33. The van der Waals surface area contributed by atoms with Gasteiger partial charge in [0.05, 0.1) is 5.69 Å². The smallest absolute Gasteiger partial charge is 0.265 e. The molecule has 2 rings (SSSR count). The zero-order valence-corrected chi connectivity index (χ0v) is 9.75. The molecule has 4 nitrogen and oxygen atoms in total. The molecule has 1 aromatic rings. The molecule has 5 heteroatoms. The number of amides is 1. The molecule has 1 amide bonds. The highest BCUT2D eigenvalue weighted by Gasteiger charge is 2.24. The zero-order valence-electron chi connectivity index (χ0n) is 9.00. The molecule has 0 aliphatic carbocycles. The van der Waals surface area contributed by atoms with Crippen molar-refractivity contribution < 1.29 is 9.53 Å². The minimum atomic E-state index is -0.0370. The van der Waals surface area contributed by atoms with Gasteiger partial charge in [0.15, 0.2) is 6.61 Å². The van der Waals surface area contributed by atoms with Crippen LogP contribution in [0.25, 0.3) is 0 Å². The van der Waals surface area contributed by atoms with Crippen molar-refractivity contribution in [2.75, 3.05) is 31.6 Å². The van der Waals surface area contributed by atoms with E-state index in [1.165, 1.54) is 0 Å². The number of nitrogens with zero attached hydrogens (tertiary/aromatic N) is 1. The third-order valence-corrected chi connectivity index (χ3v) is 2.68. The van der Waals surface area contributed by atoms with E-state index >= 15 is 0 Å². The second kappa shape index (κ2) is 4.72. The third-order valence-electron chi connectivity index (χ3n) is 2.45. The average Bonchev–Trinajstić information content (AvgIpc) is 2.28. The van der Waals surface area contributed by atoms with Crippen LogP contribution in [-0.4, -0.2) is 32.7 Å². The second-order valence-corrected chi connectivity index (χ2v) is 3.99. The number of ether oxygens (including phenoxy) is 1. The predicted molar refractivity (Wildman–Crippen MR) is 63.2 cm³/mol. The summed E-state index contributed by atoms with van der Waals surface area (Å²) in [4.78, 5) is 13.4. The van der Waals surface area contributed by atoms with Crippen molar-refractivity contribution in [2.24, 2.45) is 0 Å². The van der Waals surface area contributed by atoms with E-state index in [1.54, 1.807) is 23.1 Å². The van der Waals surface area contributed by atoms with Crippen molar-refractivity contribution in [3.05, 3.63) is 23.2 Å². The van der Waals surface area contributed by atoms with Crippen molar-refractivity contribution in [1.82, 2.24) is 5.32 Å². The first-order valence-electron chi connectivity index (χ1n) is 5.09. The Kier molecular flexibility index (Phi) is 3.31. The van der Waals surface area contributed by atoms with Crippen molar-refractivity contribution >= 4 is 23.2 Å². The fourth-order valence-electron chi connectivity index (χ4n) is 1.64. The lowest BCUT2D eigenvalue weighted by atomic mass is 10.2. The molecule has 1 aromatic carbocycles. The lowest BCUT2D eigenvalue weighted by molar-refractivity contribution is -0.121. The predicted octanol–water partition coefficient (Wildman–Crippen LogP) is 1.28. The van der Waals surface area contributed by atoms with Crippen LogP contribution in [-0.2, 0) is 4.79 Å². The van der Waals surface area contributed by atoms with E-state index in [1.807, 2.05) is 7.05 Å². The van der Waals surface area contributed by atoms with E-state index in [4.69, 9.17) is 16.3 Å². The summed E-state index contributed by atoms with van der Waals surface area (Å²) in [7, 11) is 1.85. The normalized spacial score (nSPS) is 14.6. The van der Waals surface area contributed by atoms with E-state index in [-0.39, 0.29) is 12.5 Å². The lowest BCUT2D eigenvalue weighted by Gasteiger charge is -2.29. The molecule has 0 radical (unpaired) electrons. The molecule has 0 bridgehead atoms. The first kappa shape index (κ1) is 11.2. The van der Waals surface area contributed by atoms with Gasteiger partial charge in [-0.15, -0.1) is 0 Å². The SMILES string of the molecule is CNCCN1C(=O)COc2ccc(Cl)cc21. The Morgan fingerprint density at radius 3 is 3.12 bits per heavy atom. The molecule has 0 unspecified atom stereocenters.